The Morgan fingerprint density at radius 2 is 1.70 bits per heavy atom. The topological polar surface area (TPSA) is 34.9 Å². The fraction of sp³-hybridized carbons (Fsp3) is 0.0588. The monoisotopic (exact) mass is 260 g/mol. The zero-order chi connectivity index (χ0) is 13.5. The quantitative estimate of drug-likeness (QED) is 0.672. The first-order valence-corrected chi connectivity index (χ1v) is 6.60. The molecule has 0 bridgehead atoms. The van der Waals surface area contributed by atoms with Crippen molar-refractivity contribution >= 4 is 5.91 Å². The SMILES string of the molecule is O=C1Cc2ccccc2-c2cc(-c3ccccc3)nn21. The Balaban J connectivity index is 1.93. The smallest absolute Gasteiger partial charge is 0.251 e. The summed E-state index contributed by atoms with van der Waals surface area (Å²) in [6, 6.07) is 19.9. The Morgan fingerprint density at radius 1 is 0.950 bits per heavy atom. The fourth-order valence-corrected chi connectivity index (χ4v) is 2.68. The summed E-state index contributed by atoms with van der Waals surface area (Å²) in [5, 5.41) is 4.47. The minimum Gasteiger partial charge on any atom is -0.272 e. The van der Waals surface area contributed by atoms with Gasteiger partial charge in [0.05, 0.1) is 17.8 Å². The second kappa shape index (κ2) is 4.17. The zero-order valence-corrected chi connectivity index (χ0v) is 10.8. The predicted octanol–water partition coefficient (Wildman–Crippen LogP) is 3.41. The maximum atomic E-state index is 12.2. The summed E-state index contributed by atoms with van der Waals surface area (Å²) in [6.07, 6.45) is 0.416. The highest BCUT2D eigenvalue weighted by molar-refractivity contribution is 5.92. The van der Waals surface area contributed by atoms with Gasteiger partial charge in [-0.25, -0.2) is 0 Å². The molecule has 2 aromatic carbocycles. The van der Waals surface area contributed by atoms with Crippen molar-refractivity contribution in [3.8, 4) is 22.5 Å². The van der Waals surface area contributed by atoms with Gasteiger partial charge in [-0.15, -0.1) is 0 Å². The first-order chi connectivity index (χ1) is 9.83. The lowest BCUT2D eigenvalue weighted by Gasteiger charge is -2.15. The summed E-state index contributed by atoms with van der Waals surface area (Å²) in [5.41, 5.74) is 4.92. The lowest BCUT2D eigenvalue weighted by molar-refractivity contribution is 0.0897. The molecule has 0 N–H and O–H groups in total. The molecule has 0 spiro atoms. The number of rotatable bonds is 1. The van der Waals surface area contributed by atoms with E-state index in [2.05, 4.69) is 5.10 Å². The summed E-state index contributed by atoms with van der Waals surface area (Å²) in [6.45, 7) is 0. The van der Waals surface area contributed by atoms with E-state index in [0.717, 1.165) is 28.1 Å². The van der Waals surface area contributed by atoms with Gasteiger partial charge in [0.1, 0.15) is 0 Å². The maximum absolute atomic E-state index is 12.2. The molecule has 0 radical (unpaired) electrons. The molecule has 1 aliphatic heterocycles. The van der Waals surface area contributed by atoms with E-state index in [1.165, 1.54) is 4.68 Å². The van der Waals surface area contributed by atoms with Crippen molar-refractivity contribution in [1.29, 1.82) is 0 Å². The van der Waals surface area contributed by atoms with Crippen molar-refractivity contribution in [3.05, 3.63) is 66.2 Å². The van der Waals surface area contributed by atoms with Crippen LogP contribution in [-0.2, 0) is 6.42 Å². The van der Waals surface area contributed by atoms with Crippen molar-refractivity contribution in [2.24, 2.45) is 0 Å². The van der Waals surface area contributed by atoms with Gasteiger partial charge in [0.15, 0.2) is 0 Å². The number of carbonyl (C=O) groups is 1. The van der Waals surface area contributed by atoms with Gasteiger partial charge in [0.25, 0.3) is 5.91 Å². The minimum atomic E-state index is 0.0286. The third-order valence-electron chi connectivity index (χ3n) is 3.65. The van der Waals surface area contributed by atoms with Crippen LogP contribution in [0.3, 0.4) is 0 Å². The molecule has 0 fully saturated rings. The standard InChI is InChI=1S/C17H12N2O/c20-17-10-13-8-4-5-9-14(13)16-11-15(18-19(16)17)12-6-2-1-3-7-12/h1-9,11H,10H2. The van der Waals surface area contributed by atoms with Gasteiger partial charge < -0.3 is 0 Å². The van der Waals surface area contributed by atoms with E-state index in [4.69, 9.17) is 0 Å². The molecule has 1 aliphatic rings. The van der Waals surface area contributed by atoms with E-state index in [-0.39, 0.29) is 5.91 Å². The summed E-state index contributed by atoms with van der Waals surface area (Å²) in [7, 11) is 0. The van der Waals surface area contributed by atoms with Gasteiger partial charge in [-0.3, -0.25) is 4.79 Å². The van der Waals surface area contributed by atoms with Crippen LogP contribution in [0.4, 0.5) is 0 Å². The number of fused-ring (bicyclic) bond motifs is 3. The largest absolute Gasteiger partial charge is 0.272 e. The van der Waals surface area contributed by atoms with Crippen LogP contribution in [0.5, 0.6) is 0 Å². The molecule has 4 rings (SSSR count). The van der Waals surface area contributed by atoms with Gasteiger partial charge >= 0.3 is 0 Å². The molecule has 0 saturated heterocycles. The Labute approximate surface area is 116 Å². The van der Waals surface area contributed by atoms with Crippen molar-refractivity contribution in [1.82, 2.24) is 9.78 Å². The molecule has 3 heteroatoms. The summed E-state index contributed by atoms with van der Waals surface area (Å²) < 4.78 is 1.53. The molecule has 0 amide bonds. The average molecular weight is 260 g/mol. The summed E-state index contributed by atoms with van der Waals surface area (Å²) in [4.78, 5) is 12.2. The van der Waals surface area contributed by atoms with E-state index >= 15 is 0 Å². The van der Waals surface area contributed by atoms with Crippen LogP contribution >= 0.6 is 0 Å². The Kier molecular flexibility index (Phi) is 2.33. The minimum absolute atomic E-state index is 0.0286. The molecule has 0 saturated carbocycles. The number of carbonyl (C=O) groups excluding carboxylic acids is 1. The van der Waals surface area contributed by atoms with Crippen LogP contribution in [-0.4, -0.2) is 15.7 Å². The molecule has 0 unspecified atom stereocenters. The van der Waals surface area contributed by atoms with E-state index < -0.39 is 0 Å². The first-order valence-electron chi connectivity index (χ1n) is 6.60. The molecule has 0 atom stereocenters. The van der Waals surface area contributed by atoms with Crippen molar-refractivity contribution < 1.29 is 4.79 Å². The third kappa shape index (κ3) is 1.60. The molecular weight excluding hydrogens is 248 g/mol. The van der Waals surface area contributed by atoms with E-state index in [9.17, 15) is 4.79 Å². The maximum Gasteiger partial charge on any atom is 0.251 e. The average Bonchev–Trinajstić information content (AvgIpc) is 2.94. The van der Waals surface area contributed by atoms with Crippen LogP contribution in [0, 0.1) is 0 Å². The molecule has 96 valence electrons. The Morgan fingerprint density at radius 3 is 2.55 bits per heavy atom. The van der Waals surface area contributed by atoms with Crippen LogP contribution in [0.15, 0.2) is 60.7 Å². The predicted molar refractivity (Wildman–Crippen MR) is 77.4 cm³/mol. The second-order valence-electron chi connectivity index (χ2n) is 4.92. The van der Waals surface area contributed by atoms with Gasteiger partial charge in [-0.2, -0.15) is 9.78 Å². The van der Waals surface area contributed by atoms with Crippen LogP contribution in [0.2, 0.25) is 0 Å². The normalized spacial score (nSPS) is 12.9. The van der Waals surface area contributed by atoms with Crippen LogP contribution < -0.4 is 0 Å². The van der Waals surface area contributed by atoms with Crippen molar-refractivity contribution in [3.63, 3.8) is 0 Å². The van der Waals surface area contributed by atoms with E-state index in [0.29, 0.717) is 6.42 Å². The molecule has 20 heavy (non-hydrogen) atoms. The first kappa shape index (κ1) is 11.2. The summed E-state index contributed by atoms with van der Waals surface area (Å²) >= 11 is 0. The highest BCUT2D eigenvalue weighted by Crippen LogP contribution is 2.32. The highest BCUT2D eigenvalue weighted by Gasteiger charge is 2.24. The van der Waals surface area contributed by atoms with E-state index in [1.54, 1.807) is 0 Å². The van der Waals surface area contributed by atoms with E-state index in [1.807, 2.05) is 60.7 Å². The third-order valence-corrected chi connectivity index (χ3v) is 3.65. The number of hydrogen-bond acceptors (Lipinski definition) is 2. The van der Waals surface area contributed by atoms with Crippen molar-refractivity contribution in [2.45, 2.75) is 6.42 Å². The fourth-order valence-electron chi connectivity index (χ4n) is 2.68. The molecule has 1 aromatic heterocycles. The molecule has 2 heterocycles. The van der Waals surface area contributed by atoms with Crippen molar-refractivity contribution in [2.75, 3.05) is 0 Å². The van der Waals surface area contributed by atoms with Crippen LogP contribution in [0.25, 0.3) is 22.5 Å². The molecule has 0 aliphatic carbocycles. The number of benzene rings is 2. The van der Waals surface area contributed by atoms with Crippen LogP contribution in [0.1, 0.15) is 10.4 Å². The van der Waals surface area contributed by atoms with Gasteiger partial charge in [-0.05, 0) is 11.6 Å². The van der Waals surface area contributed by atoms with Gasteiger partial charge in [-0.1, -0.05) is 54.6 Å². The number of aromatic nitrogens is 2. The zero-order valence-electron chi connectivity index (χ0n) is 10.8. The molecule has 3 aromatic rings. The molecule has 3 nitrogen and oxygen atoms in total. The lowest BCUT2D eigenvalue weighted by atomic mass is 9.98. The number of nitrogens with zero attached hydrogens (tertiary/aromatic N) is 2. The van der Waals surface area contributed by atoms with Gasteiger partial charge in [0, 0.05) is 11.1 Å². The van der Waals surface area contributed by atoms with Gasteiger partial charge in [0.2, 0.25) is 0 Å². The lowest BCUT2D eigenvalue weighted by Crippen LogP contribution is -2.21. The highest BCUT2D eigenvalue weighted by atomic mass is 16.2. The summed E-state index contributed by atoms with van der Waals surface area (Å²) in [5.74, 6) is 0.0286. The number of hydrogen-bond donors (Lipinski definition) is 0. The Hall–Kier alpha value is -2.68. The second-order valence-corrected chi connectivity index (χ2v) is 4.92. The Bertz CT molecular complexity index is 803. The molecular formula is C17H12N2O.